The van der Waals surface area contributed by atoms with E-state index in [1.165, 1.54) is 4.90 Å². The zero-order valence-electron chi connectivity index (χ0n) is 10.6. The summed E-state index contributed by atoms with van der Waals surface area (Å²) in [6.45, 7) is 4.01. The summed E-state index contributed by atoms with van der Waals surface area (Å²) >= 11 is 5.11. The highest BCUT2D eigenvalue weighted by Crippen LogP contribution is 2.22. The summed E-state index contributed by atoms with van der Waals surface area (Å²) in [6.07, 6.45) is 3.37. The molecule has 98 valence electrons. The monoisotopic (exact) mass is 274 g/mol. The molecule has 0 bridgehead atoms. The molecule has 1 N–H and O–H groups in total. The molecule has 0 radical (unpaired) electrons. The summed E-state index contributed by atoms with van der Waals surface area (Å²) in [4.78, 5) is 13.6. The van der Waals surface area contributed by atoms with E-state index < -0.39 is 0 Å². The number of ether oxygens (including phenoxy) is 1. The van der Waals surface area contributed by atoms with Gasteiger partial charge in [-0.1, -0.05) is 24.3 Å². The summed E-state index contributed by atoms with van der Waals surface area (Å²) in [7, 11) is 1.59. The van der Waals surface area contributed by atoms with Gasteiger partial charge in [0.15, 0.2) is 5.11 Å². The zero-order valence-corrected chi connectivity index (χ0v) is 11.4. The lowest BCUT2D eigenvalue weighted by Crippen LogP contribution is -2.30. The molecule has 0 spiro atoms. The minimum absolute atomic E-state index is 0.157. The van der Waals surface area contributed by atoms with E-state index >= 15 is 0 Å². The Morgan fingerprint density at radius 2 is 2.21 bits per heavy atom. The predicted molar refractivity (Wildman–Crippen MR) is 78.6 cm³/mol. The molecular formula is C14H14N2O2S. The van der Waals surface area contributed by atoms with Gasteiger partial charge in [0, 0.05) is 12.1 Å². The molecule has 1 aliphatic heterocycles. The number of rotatable bonds is 4. The number of carbonyl (C=O) groups is 1. The largest absolute Gasteiger partial charge is 0.496 e. The van der Waals surface area contributed by atoms with Gasteiger partial charge in [0.05, 0.1) is 7.11 Å². The van der Waals surface area contributed by atoms with Gasteiger partial charge in [-0.2, -0.15) is 0 Å². The van der Waals surface area contributed by atoms with Crippen molar-refractivity contribution in [1.82, 2.24) is 10.2 Å². The van der Waals surface area contributed by atoms with Gasteiger partial charge >= 0.3 is 0 Å². The molecule has 5 heteroatoms. The number of hydrogen-bond donors (Lipinski definition) is 1. The normalized spacial score (nSPS) is 16.7. The van der Waals surface area contributed by atoms with E-state index in [1.54, 1.807) is 19.3 Å². The lowest BCUT2D eigenvalue weighted by atomic mass is 10.1. The van der Waals surface area contributed by atoms with Crippen LogP contribution in [-0.2, 0) is 4.79 Å². The lowest BCUT2D eigenvalue weighted by molar-refractivity contribution is -0.122. The fourth-order valence-corrected chi connectivity index (χ4v) is 2.08. The highest BCUT2D eigenvalue weighted by atomic mass is 32.1. The molecule has 1 saturated heterocycles. The minimum atomic E-state index is -0.157. The molecule has 2 rings (SSSR count). The predicted octanol–water partition coefficient (Wildman–Crippen LogP) is 1.94. The first-order valence-corrected chi connectivity index (χ1v) is 6.16. The van der Waals surface area contributed by atoms with Gasteiger partial charge in [0.25, 0.3) is 5.91 Å². The summed E-state index contributed by atoms with van der Waals surface area (Å²) < 4.78 is 5.25. The minimum Gasteiger partial charge on any atom is -0.496 e. The van der Waals surface area contributed by atoms with E-state index in [4.69, 9.17) is 17.0 Å². The third-order valence-corrected chi connectivity index (χ3v) is 3.04. The Labute approximate surface area is 117 Å². The second-order valence-corrected chi connectivity index (χ2v) is 4.32. The second-order valence-electron chi connectivity index (χ2n) is 3.93. The molecule has 1 heterocycles. The quantitative estimate of drug-likeness (QED) is 0.517. The molecule has 1 aliphatic rings. The van der Waals surface area contributed by atoms with Crippen LogP contribution >= 0.6 is 12.2 Å². The molecule has 19 heavy (non-hydrogen) atoms. The van der Waals surface area contributed by atoms with Crippen LogP contribution in [0.25, 0.3) is 6.08 Å². The molecule has 0 unspecified atom stereocenters. The zero-order chi connectivity index (χ0) is 13.8. The molecule has 1 fully saturated rings. The smallest absolute Gasteiger partial charge is 0.276 e. The van der Waals surface area contributed by atoms with Crippen LogP contribution in [0, 0.1) is 0 Å². The number of thiocarbonyl (C=S) groups is 1. The number of hydrogen-bond acceptors (Lipinski definition) is 3. The van der Waals surface area contributed by atoms with Crippen molar-refractivity contribution in [2.45, 2.75) is 0 Å². The maximum atomic E-state index is 12.1. The van der Waals surface area contributed by atoms with Crippen molar-refractivity contribution < 1.29 is 9.53 Å². The Morgan fingerprint density at radius 1 is 1.47 bits per heavy atom. The number of amides is 1. The van der Waals surface area contributed by atoms with Crippen LogP contribution in [-0.4, -0.2) is 29.6 Å². The average Bonchev–Trinajstić information content (AvgIpc) is 2.67. The Morgan fingerprint density at radius 3 is 2.89 bits per heavy atom. The first-order valence-electron chi connectivity index (χ1n) is 5.76. The van der Waals surface area contributed by atoms with Gasteiger partial charge in [0.2, 0.25) is 0 Å². The average molecular weight is 274 g/mol. The van der Waals surface area contributed by atoms with Crippen molar-refractivity contribution in [2.75, 3.05) is 13.7 Å². The van der Waals surface area contributed by atoms with Crippen LogP contribution in [0.2, 0.25) is 0 Å². The Hall–Kier alpha value is -2.14. The highest BCUT2D eigenvalue weighted by molar-refractivity contribution is 7.80. The maximum Gasteiger partial charge on any atom is 0.276 e. The van der Waals surface area contributed by atoms with Crippen LogP contribution in [0.3, 0.4) is 0 Å². The second kappa shape index (κ2) is 5.67. The Balaban J connectivity index is 2.32. The number of para-hydroxylation sites is 1. The van der Waals surface area contributed by atoms with Crippen molar-refractivity contribution in [2.24, 2.45) is 0 Å². The third-order valence-electron chi connectivity index (χ3n) is 2.71. The van der Waals surface area contributed by atoms with Crippen LogP contribution in [0.5, 0.6) is 5.75 Å². The number of benzene rings is 1. The fraction of sp³-hybridized carbons (Fsp3) is 0.143. The number of nitrogens with zero attached hydrogens (tertiary/aromatic N) is 1. The van der Waals surface area contributed by atoms with Crippen LogP contribution in [0.15, 0.2) is 42.6 Å². The molecule has 4 nitrogen and oxygen atoms in total. The van der Waals surface area contributed by atoms with Crippen molar-refractivity contribution in [3.63, 3.8) is 0 Å². The molecule has 0 aliphatic carbocycles. The van der Waals surface area contributed by atoms with Crippen molar-refractivity contribution in [3.8, 4) is 5.75 Å². The number of carbonyl (C=O) groups excluding carboxylic acids is 1. The van der Waals surface area contributed by atoms with E-state index in [0.717, 1.165) is 5.56 Å². The molecule has 1 aromatic carbocycles. The van der Waals surface area contributed by atoms with Gasteiger partial charge in [-0.15, -0.1) is 6.58 Å². The summed E-state index contributed by atoms with van der Waals surface area (Å²) in [5.74, 6) is 0.550. The SMILES string of the molecule is C=CCN1C(=O)/C(=C/c2ccccc2OC)NC1=S. The van der Waals surface area contributed by atoms with Crippen molar-refractivity contribution >= 4 is 29.3 Å². The van der Waals surface area contributed by atoms with Crippen LogP contribution in [0.4, 0.5) is 0 Å². The van der Waals surface area contributed by atoms with E-state index in [0.29, 0.717) is 23.1 Å². The van der Waals surface area contributed by atoms with Gasteiger partial charge in [-0.25, -0.2) is 0 Å². The van der Waals surface area contributed by atoms with Gasteiger partial charge in [0.1, 0.15) is 11.4 Å². The van der Waals surface area contributed by atoms with Crippen LogP contribution < -0.4 is 10.1 Å². The summed E-state index contributed by atoms with van der Waals surface area (Å²) in [5.41, 5.74) is 1.26. The summed E-state index contributed by atoms with van der Waals surface area (Å²) in [6, 6.07) is 7.47. The number of methoxy groups -OCH3 is 1. The fourth-order valence-electron chi connectivity index (χ4n) is 1.81. The first kappa shape index (κ1) is 13.3. The first-order chi connectivity index (χ1) is 9.17. The van der Waals surface area contributed by atoms with E-state index in [1.807, 2.05) is 24.3 Å². The Kier molecular flexibility index (Phi) is 3.97. The molecule has 0 saturated carbocycles. The van der Waals surface area contributed by atoms with E-state index in [2.05, 4.69) is 11.9 Å². The topological polar surface area (TPSA) is 41.6 Å². The van der Waals surface area contributed by atoms with Crippen LogP contribution in [0.1, 0.15) is 5.56 Å². The van der Waals surface area contributed by atoms with Gasteiger partial charge < -0.3 is 10.1 Å². The maximum absolute atomic E-state index is 12.1. The number of nitrogens with one attached hydrogen (secondary N) is 1. The molecular weight excluding hydrogens is 260 g/mol. The Bertz CT molecular complexity index is 566. The highest BCUT2D eigenvalue weighted by Gasteiger charge is 2.29. The van der Waals surface area contributed by atoms with Gasteiger partial charge in [-0.05, 0) is 24.4 Å². The van der Waals surface area contributed by atoms with E-state index in [9.17, 15) is 4.79 Å². The van der Waals surface area contributed by atoms with Crippen molar-refractivity contribution in [3.05, 3.63) is 48.2 Å². The summed E-state index contributed by atoms with van der Waals surface area (Å²) in [5, 5.41) is 3.30. The standard InChI is InChI=1S/C14H14N2O2S/c1-3-8-16-13(17)11(15-14(16)19)9-10-6-4-5-7-12(10)18-2/h3-7,9H,1,8H2,2H3,(H,15,19)/b11-9-. The molecule has 0 aromatic heterocycles. The van der Waals surface area contributed by atoms with Gasteiger partial charge in [-0.3, -0.25) is 9.69 Å². The lowest BCUT2D eigenvalue weighted by Gasteiger charge is -2.09. The molecule has 1 amide bonds. The third kappa shape index (κ3) is 2.66. The van der Waals surface area contributed by atoms with E-state index in [-0.39, 0.29) is 5.91 Å². The molecule has 1 aromatic rings. The molecule has 0 atom stereocenters. The van der Waals surface area contributed by atoms with Crippen molar-refractivity contribution in [1.29, 1.82) is 0 Å².